The molecule has 20 heavy (non-hydrogen) atoms. The van der Waals surface area contributed by atoms with Crippen molar-refractivity contribution < 1.29 is 4.74 Å². The van der Waals surface area contributed by atoms with Gasteiger partial charge in [-0.05, 0) is 24.3 Å². The number of hydrogen-bond donors (Lipinski definition) is 1. The summed E-state index contributed by atoms with van der Waals surface area (Å²) in [5.74, 6) is 0.830. The molecular formula is C12H9ClN6O. The maximum atomic E-state index is 5.88. The van der Waals surface area contributed by atoms with E-state index in [1.54, 1.807) is 42.7 Å². The van der Waals surface area contributed by atoms with E-state index in [1.807, 2.05) is 0 Å². The molecule has 2 N–H and O–H groups in total. The highest BCUT2D eigenvalue weighted by molar-refractivity contribution is 6.30. The van der Waals surface area contributed by atoms with Gasteiger partial charge in [-0.2, -0.15) is 20.1 Å². The Morgan fingerprint density at radius 1 is 1.15 bits per heavy atom. The minimum atomic E-state index is 0.0440. The van der Waals surface area contributed by atoms with Crippen molar-refractivity contribution in [2.75, 3.05) is 5.73 Å². The molecule has 100 valence electrons. The zero-order valence-electron chi connectivity index (χ0n) is 10.1. The molecule has 0 saturated heterocycles. The van der Waals surface area contributed by atoms with Crippen molar-refractivity contribution in [3.05, 3.63) is 47.7 Å². The first-order chi connectivity index (χ1) is 9.70. The average Bonchev–Trinajstić information content (AvgIpc) is 2.91. The maximum absolute atomic E-state index is 5.88. The smallest absolute Gasteiger partial charge is 0.328 e. The fraction of sp³-hybridized carbons (Fsp3) is 0. The second-order valence-corrected chi connectivity index (χ2v) is 4.22. The Morgan fingerprint density at radius 2 is 2.05 bits per heavy atom. The molecule has 2 aromatic heterocycles. The molecule has 0 unspecified atom stereocenters. The third-order valence-electron chi connectivity index (χ3n) is 2.33. The van der Waals surface area contributed by atoms with Gasteiger partial charge in [0.05, 0.1) is 0 Å². The van der Waals surface area contributed by atoms with Crippen LogP contribution < -0.4 is 10.5 Å². The third-order valence-corrected chi connectivity index (χ3v) is 2.57. The number of rotatable bonds is 3. The molecule has 0 radical (unpaired) electrons. The predicted octanol–water partition coefficient (Wildman–Crippen LogP) is 2.09. The van der Waals surface area contributed by atoms with E-state index in [-0.39, 0.29) is 17.9 Å². The fourth-order valence-corrected chi connectivity index (χ4v) is 1.71. The van der Waals surface area contributed by atoms with Gasteiger partial charge in [0.15, 0.2) is 0 Å². The number of nitrogens with two attached hydrogens (primary N) is 1. The molecule has 1 aromatic carbocycles. The lowest BCUT2D eigenvalue weighted by Gasteiger charge is -2.06. The zero-order valence-corrected chi connectivity index (χ0v) is 10.9. The largest absolute Gasteiger partial charge is 0.424 e. The van der Waals surface area contributed by atoms with E-state index < -0.39 is 0 Å². The van der Waals surface area contributed by atoms with Crippen molar-refractivity contribution in [2.45, 2.75) is 0 Å². The highest BCUT2D eigenvalue weighted by atomic mass is 35.5. The van der Waals surface area contributed by atoms with Gasteiger partial charge in [0.2, 0.25) is 5.95 Å². The summed E-state index contributed by atoms with van der Waals surface area (Å²) < 4.78 is 6.97. The fourth-order valence-electron chi connectivity index (χ4n) is 1.53. The van der Waals surface area contributed by atoms with E-state index >= 15 is 0 Å². The van der Waals surface area contributed by atoms with Gasteiger partial charge < -0.3 is 10.5 Å². The van der Waals surface area contributed by atoms with Crippen LogP contribution in [0, 0.1) is 0 Å². The first-order valence-corrected chi connectivity index (χ1v) is 6.03. The topological polar surface area (TPSA) is 91.7 Å². The van der Waals surface area contributed by atoms with Gasteiger partial charge in [-0.15, -0.1) is 0 Å². The molecule has 0 bridgehead atoms. The molecule has 0 aliphatic rings. The highest BCUT2D eigenvalue weighted by Crippen LogP contribution is 2.22. The SMILES string of the molecule is Nc1nc(Oc2cccc(Cl)c2)nc(-n2cccn2)n1. The minimum absolute atomic E-state index is 0.0440. The molecule has 0 aliphatic heterocycles. The summed E-state index contributed by atoms with van der Waals surface area (Å²) >= 11 is 5.88. The molecule has 2 heterocycles. The zero-order chi connectivity index (χ0) is 13.9. The number of aromatic nitrogens is 5. The maximum Gasteiger partial charge on any atom is 0.328 e. The van der Waals surface area contributed by atoms with Crippen LogP contribution in [0.25, 0.3) is 5.95 Å². The van der Waals surface area contributed by atoms with Crippen molar-refractivity contribution in [1.29, 1.82) is 0 Å². The van der Waals surface area contributed by atoms with E-state index in [2.05, 4.69) is 20.1 Å². The Hall–Kier alpha value is -2.67. The van der Waals surface area contributed by atoms with E-state index in [4.69, 9.17) is 22.1 Å². The minimum Gasteiger partial charge on any atom is -0.424 e. The van der Waals surface area contributed by atoms with Gasteiger partial charge in [-0.25, -0.2) is 4.68 Å². The summed E-state index contributed by atoms with van der Waals surface area (Å²) in [6.45, 7) is 0. The number of nitrogen functional groups attached to an aromatic ring is 1. The van der Waals surface area contributed by atoms with Crippen LogP contribution in [-0.2, 0) is 0 Å². The lowest BCUT2D eigenvalue weighted by Crippen LogP contribution is -2.07. The molecule has 0 amide bonds. The van der Waals surface area contributed by atoms with Crippen molar-refractivity contribution in [3.8, 4) is 17.7 Å². The molecular weight excluding hydrogens is 280 g/mol. The predicted molar refractivity (Wildman–Crippen MR) is 72.9 cm³/mol. The van der Waals surface area contributed by atoms with Crippen molar-refractivity contribution >= 4 is 17.5 Å². The molecule has 0 saturated carbocycles. The molecule has 0 spiro atoms. The van der Waals surface area contributed by atoms with Crippen LogP contribution >= 0.6 is 11.6 Å². The summed E-state index contributed by atoms with van der Waals surface area (Å²) in [4.78, 5) is 12.0. The lowest BCUT2D eigenvalue weighted by atomic mass is 10.3. The number of benzene rings is 1. The van der Waals surface area contributed by atoms with Gasteiger partial charge in [0.25, 0.3) is 5.95 Å². The standard InChI is InChI=1S/C12H9ClN6O/c13-8-3-1-4-9(7-8)20-12-17-10(14)16-11(18-12)19-6-2-5-15-19/h1-7H,(H2,14,16,17,18). The van der Waals surface area contributed by atoms with Gasteiger partial charge in [0, 0.05) is 17.4 Å². The number of nitrogens with zero attached hydrogens (tertiary/aromatic N) is 5. The van der Waals surface area contributed by atoms with E-state index in [1.165, 1.54) is 4.68 Å². The summed E-state index contributed by atoms with van der Waals surface area (Å²) in [5, 5.41) is 4.57. The molecule has 0 fully saturated rings. The van der Waals surface area contributed by atoms with E-state index in [0.29, 0.717) is 10.8 Å². The number of halogens is 1. The van der Waals surface area contributed by atoms with Crippen LogP contribution in [0.1, 0.15) is 0 Å². The number of anilines is 1. The number of ether oxygens (including phenoxy) is 1. The van der Waals surface area contributed by atoms with Crippen molar-refractivity contribution in [2.24, 2.45) is 0 Å². The van der Waals surface area contributed by atoms with E-state index in [0.717, 1.165) is 0 Å². The Morgan fingerprint density at radius 3 is 2.80 bits per heavy atom. The highest BCUT2D eigenvalue weighted by Gasteiger charge is 2.08. The molecule has 3 aromatic rings. The molecule has 7 nitrogen and oxygen atoms in total. The monoisotopic (exact) mass is 288 g/mol. The second-order valence-electron chi connectivity index (χ2n) is 3.79. The van der Waals surface area contributed by atoms with Crippen molar-refractivity contribution in [1.82, 2.24) is 24.7 Å². The van der Waals surface area contributed by atoms with Gasteiger partial charge in [-0.3, -0.25) is 0 Å². The Labute approximate surface area is 119 Å². The summed E-state index contributed by atoms with van der Waals surface area (Å²) in [7, 11) is 0. The van der Waals surface area contributed by atoms with Gasteiger partial charge >= 0.3 is 6.01 Å². The van der Waals surface area contributed by atoms with E-state index in [9.17, 15) is 0 Å². The quantitative estimate of drug-likeness (QED) is 0.793. The Balaban J connectivity index is 1.94. The van der Waals surface area contributed by atoms with Crippen LogP contribution in [-0.4, -0.2) is 24.7 Å². The lowest BCUT2D eigenvalue weighted by molar-refractivity contribution is 0.438. The Kier molecular flexibility index (Phi) is 3.18. The first-order valence-electron chi connectivity index (χ1n) is 5.66. The summed E-state index contributed by atoms with van der Waals surface area (Å²) in [6.07, 6.45) is 3.30. The first kappa shape index (κ1) is 12.4. The Bertz CT molecular complexity index is 731. The van der Waals surface area contributed by atoms with Gasteiger partial charge in [0.1, 0.15) is 5.75 Å². The summed E-state index contributed by atoms with van der Waals surface area (Å²) in [5.41, 5.74) is 5.64. The van der Waals surface area contributed by atoms with Crippen LogP contribution in [0.4, 0.5) is 5.95 Å². The van der Waals surface area contributed by atoms with Crippen LogP contribution in [0.5, 0.6) is 11.8 Å². The average molecular weight is 289 g/mol. The van der Waals surface area contributed by atoms with Crippen molar-refractivity contribution in [3.63, 3.8) is 0 Å². The molecule has 8 heteroatoms. The summed E-state index contributed by atoms with van der Waals surface area (Å²) in [6, 6.07) is 8.71. The second kappa shape index (κ2) is 5.14. The third kappa shape index (κ3) is 2.67. The van der Waals surface area contributed by atoms with Gasteiger partial charge in [-0.1, -0.05) is 17.7 Å². The van der Waals surface area contributed by atoms with Crippen LogP contribution in [0.3, 0.4) is 0 Å². The molecule has 3 rings (SSSR count). The number of hydrogen-bond acceptors (Lipinski definition) is 6. The molecule has 0 atom stereocenters. The van der Waals surface area contributed by atoms with Crippen LogP contribution in [0.15, 0.2) is 42.7 Å². The van der Waals surface area contributed by atoms with Crippen LogP contribution in [0.2, 0.25) is 5.02 Å². The normalized spacial score (nSPS) is 10.4. The molecule has 0 aliphatic carbocycles.